The third-order valence-corrected chi connectivity index (χ3v) is 3.84. The lowest BCUT2D eigenvalue weighted by Gasteiger charge is -2.32. The quantitative estimate of drug-likeness (QED) is 0.801. The number of carbonyl (C=O) groups excluding carboxylic acids is 1. The van der Waals surface area contributed by atoms with E-state index in [9.17, 15) is 4.79 Å². The molecule has 0 N–H and O–H groups in total. The number of rotatable bonds is 3. The van der Waals surface area contributed by atoms with Gasteiger partial charge in [-0.05, 0) is 43.7 Å². The molecular weight excluding hydrogens is 295 g/mol. The van der Waals surface area contributed by atoms with Crippen LogP contribution in [0.3, 0.4) is 0 Å². The van der Waals surface area contributed by atoms with E-state index in [1.54, 1.807) is 0 Å². The van der Waals surface area contributed by atoms with Crippen molar-refractivity contribution >= 4 is 31.1 Å². The highest BCUT2D eigenvalue weighted by atomic mass is 35.5. The zero-order valence-corrected chi connectivity index (χ0v) is 14.0. The molecule has 1 aromatic carbocycles. The Morgan fingerprint density at radius 2 is 1.65 bits per heavy atom. The first-order valence-electron chi connectivity index (χ1n) is 6.56. The minimum Gasteiger partial charge on any atom is -0.304 e. The molecule has 0 atom stereocenters. The number of benzene rings is 1. The summed E-state index contributed by atoms with van der Waals surface area (Å²) in [4.78, 5) is 15.8. The van der Waals surface area contributed by atoms with Crippen LogP contribution >= 0.6 is 24.8 Å². The molecule has 1 heterocycles. The van der Waals surface area contributed by atoms with E-state index in [-0.39, 0.29) is 24.8 Å². The van der Waals surface area contributed by atoms with Crippen LogP contribution in [-0.2, 0) is 6.54 Å². The second-order valence-electron chi connectivity index (χ2n) is 5.33. The van der Waals surface area contributed by atoms with E-state index >= 15 is 0 Å². The summed E-state index contributed by atoms with van der Waals surface area (Å²) in [6, 6.07) is 4.17. The fraction of sp³-hybridized carbons (Fsp3) is 0.533. The Balaban J connectivity index is 0.00000180. The smallest absolute Gasteiger partial charge is 0.150 e. The Labute approximate surface area is 134 Å². The molecule has 0 unspecified atom stereocenters. The predicted octanol–water partition coefficient (Wildman–Crippen LogP) is 2.71. The van der Waals surface area contributed by atoms with Gasteiger partial charge in [0.2, 0.25) is 0 Å². The van der Waals surface area contributed by atoms with E-state index in [1.807, 2.05) is 6.92 Å². The molecule has 0 radical (unpaired) electrons. The third kappa shape index (κ3) is 4.74. The molecule has 1 aliphatic rings. The Hall–Kier alpha value is -0.610. The SMILES string of the molecule is Cc1cc(C)c(CN2CCN(C)CC2)cc1C=O.Cl.Cl. The Kier molecular flexibility index (Phi) is 8.36. The van der Waals surface area contributed by atoms with Gasteiger partial charge in [-0.25, -0.2) is 0 Å². The Morgan fingerprint density at radius 3 is 2.20 bits per heavy atom. The zero-order chi connectivity index (χ0) is 13.1. The number of carbonyl (C=O) groups is 1. The molecule has 1 aromatic rings. The number of aldehydes is 1. The molecule has 1 fully saturated rings. The lowest BCUT2D eigenvalue weighted by molar-refractivity contribution is 0.112. The van der Waals surface area contributed by atoms with Crippen molar-refractivity contribution in [1.82, 2.24) is 9.80 Å². The molecule has 0 bridgehead atoms. The van der Waals surface area contributed by atoms with Crippen molar-refractivity contribution in [2.45, 2.75) is 20.4 Å². The van der Waals surface area contributed by atoms with E-state index in [0.29, 0.717) is 0 Å². The maximum Gasteiger partial charge on any atom is 0.150 e. The molecule has 20 heavy (non-hydrogen) atoms. The molecule has 0 aliphatic carbocycles. The minimum absolute atomic E-state index is 0. The van der Waals surface area contributed by atoms with Crippen molar-refractivity contribution < 1.29 is 4.79 Å². The van der Waals surface area contributed by atoms with E-state index in [1.165, 1.54) is 11.1 Å². The van der Waals surface area contributed by atoms with Gasteiger partial charge in [-0.2, -0.15) is 0 Å². The number of nitrogens with zero attached hydrogens (tertiary/aromatic N) is 2. The van der Waals surface area contributed by atoms with Gasteiger partial charge in [0.15, 0.2) is 0 Å². The van der Waals surface area contributed by atoms with Crippen LogP contribution in [0, 0.1) is 13.8 Å². The summed E-state index contributed by atoms with van der Waals surface area (Å²) in [6.07, 6.45) is 0.961. The third-order valence-electron chi connectivity index (χ3n) is 3.84. The number of aryl methyl sites for hydroxylation is 2. The van der Waals surface area contributed by atoms with Crippen molar-refractivity contribution in [3.63, 3.8) is 0 Å². The van der Waals surface area contributed by atoms with Crippen LogP contribution in [-0.4, -0.2) is 49.3 Å². The van der Waals surface area contributed by atoms with Gasteiger partial charge in [-0.15, -0.1) is 24.8 Å². The van der Waals surface area contributed by atoms with E-state index in [4.69, 9.17) is 0 Å². The summed E-state index contributed by atoms with van der Waals surface area (Å²) in [5, 5.41) is 0. The fourth-order valence-corrected chi connectivity index (χ4v) is 2.46. The summed E-state index contributed by atoms with van der Waals surface area (Å²) in [6.45, 7) is 9.57. The number of piperazine rings is 1. The van der Waals surface area contributed by atoms with Gasteiger partial charge in [0.1, 0.15) is 6.29 Å². The average Bonchev–Trinajstić information content (AvgIpc) is 2.35. The zero-order valence-electron chi connectivity index (χ0n) is 12.4. The molecule has 3 nitrogen and oxygen atoms in total. The largest absolute Gasteiger partial charge is 0.304 e. The normalized spacial score (nSPS) is 16.1. The minimum atomic E-state index is 0. The van der Waals surface area contributed by atoms with Gasteiger partial charge >= 0.3 is 0 Å². The van der Waals surface area contributed by atoms with Crippen molar-refractivity contribution in [3.8, 4) is 0 Å². The molecule has 2 rings (SSSR count). The summed E-state index contributed by atoms with van der Waals surface area (Å²) >= 11 is 0. The summed E-state index contributed by atoms with van der Waals surface area (Å²) in [7, 11) is 2.17. The standard InChI is InChI=1S/C15H22N2O.2ClH/c1-12-8-13(2)15(11-18)9-14(12)10-17-6-4-16(3)5-7-17;;/h8-9,11H,4-7,10H2,1-3H3;2*1H. The maximum absolute atomic E-state index is 11.0. The number of likely N-dealkylation sites (N-methyl/N-ethyl adjacent to an activating group) is 1. The summed E-state index contributed by atoms with van der Waals surface area (Å²) in [5.74, 6) is 0. The van der Waals surface area contributed by atoms with Crippen molar-refractivity contribution in [1.29, 1.82) is 0 Å². The van der Waals surface area contributed by atoms with Crippen LogP contribution in [0.2, 0.25) is 0 Å². The monoisotopic (exact) mass is 318 g/mol. The first kappa shape index (κ1) is 19.4. The topological polar surface area (TPSA) is 23.6 Å². The molecule has 1 saturated heterocycles. The van der Waals surface area contributed by atoms with Gasteiger partial charge in [0.25, 0.3) is 0 Å². The highest BCUT2D eigenvalue weighted by molar-refractivity contribution is 5.85. The van der Waals surface area contributed by atoms with Gasteiger partial charge < -0.3 is 4.90 Å². The van der Waals surface area contributed by atoms with Crippen LogP contribution in [0.1, 0.15) is 27.0 Å². The molecular formula is C15H24Cl2N2O. The highest BCUT2D eigenvalue weighted by Crippen LogP contribution is 2.17. The highest BCUT2D eigenvalue weighted by Gasteiger charge is 2.15. The second kappa shape index (κ2) is 8.63. The second-order valence-corrected chi connectivity index (χ2v) is 5.33. The molecule has 5 heteroatoms. The van der Waals surface area contributed by atoms with Crippen LogP contribution in [0.25, 0.3) is 0 Å². The fourth-order valence-electron chi connectivity index (χ4n) is 2.46. The molecule has 0 aromatic heterocycles. The van der Waals surface area contributed by atoms with Crippen LogP contribution in [0.15, 0.2) is 12.1 Å². The maximum atomic E-state index is 11.0. The molecule has 0 saturated carbocycles. The van der Waals surface area contributed by atoms with Crippen LogP contribution in [0.4, 0.5) is 0 Å². The molecule has 1 aliphatic heterocycles. The van der Waals surface area contributed by atoms with E-state index in [0.717, 1.165) is 50.1 Å². The van der Waals surface area contributed by atoms with Crippen molar-refractivity contribution in [2.75, 3.05) is 33.2 Å². The molecule has 114 valence electrons. The predicted molar refractivity (Wildman–Crippen MR) is 88.6 cm³/mol. The van der Waals surface area contributed by atoms with Gasteiger partial charge in [0.05, 0.1) is 0 Å². The lowest BCUT2D eigenvalue weighted by Crippen LogP contribution is -2.44. The number of hydrogen-bond acceptors (Lipinski definition) is 3. The Bertz CT molecular complexity index is 444. The van der Waals surface area contributed by atoms with Crippen LogP contribution in [0.5, 0.6) is 0 Å². The summed E-state index contributed by atoms with van der Waals surface area (Å²) < 4.78 is 0. The first-order chi connectivity index (χ1) is 8.60. The number of halogens is 2. The van der Waals surface area contributed by atoms with Crippen LogP contribution < -0.4 is 0 Å². The van der Waals surface area contributed by atoms with Gasteiger partial charge in [-0.1, -0.05) is 6.07 Å². The van der Waals surface area contributed by atoms with Gasteiger partial charge in [0, 0.05) is 38.3 Å². The summed E-state index contributed by atoms with van der Waals surface area (Å²) in [5.41, 5.74) is 4.47. The lowest BCUT2D eigenvalue weighted by atomic mass is 10.00. The number of hydrogen-bond donors (Lipinski definition) is 0. The molecule has 0 spiro atoms. The van der Waals surface area contributed by atoms with E-state index in [2.05, 4.69) is 35.9 Å². The molecule has 0 amide bonds. The van der Waals surface area contributed by atoms with Gasteiger partial charge in [-0.3, -0.25) is 9.69 Å². The first-order valence-corrected chi connectivity index (χ1v) is 6.56. The van der Waals surface area contributed by atoms with Crippen molar-refractivity contribution in [2.24, 2.45) is 0 Å². The van der Waals surface area contributed by atoms with E-state index < -0.39 is 0 Å². The Morgan fingerprint density at radius 1 is 1.05 bits per heavy atom. The van der Waals surface area contributed by atoms with Crippen molar-refractivity contribution in [3.05, 3.63) is 34.4 Å². The average molecular weight is 319 g/mol.